The summed E-state index contributed by atoms with van der Waals surface area (Å²) in [5, 5.41) is 13.6. The predicted octanol–water partition coefficient (Wildman–Crippen LogP) is 0.749. The van der Waals surface area contributed by atoms with Crippen molar-refractivity contribution in [2.45, 2.75) is 6.92 Å². The summed E-state index contributed by atoms with van der Waals surface area (Å²) >= 11 is 0. The maximum Gasteiger partial charge on any atom is 0.315 e. The number of anilines is 2. The largest absolute Gasteiger partial charge is 0.393 e. The number of hydrogen-bond acceptors (Lipinski definition) is 5. The van der Waals surface area contributed by atoms with E-state index in [9.17, 15) is 14.9 Å². The fourth-order valence-electron chi connectivity index (χ4n) is 1.61. The zero-order valence-corrected chi connectivity index (χ0v) is 10.3. The molecule has 1 aromatic carbocycles. The molecule has 3 N–H and O–H groups in total. The minimum Gasteiger partial charge on any atom is -0.393 e. The van der Waals surface area contributed by atoms with E-state index in [0.29, 0.717) is 12.2 Å². The quantitative estimate of drug-likeness (QED) is 0.457. The van der Waals surface area contributed by atoms with Crippen LogP contribution in [0.5, 0.6) is 0 Å². The van der Waals surface area contributed by atoms with Crippen molar-refractivity contribution in [1.29, 1.82) is 0 Å². The average molecular weight is 252 g/mol. The van der Waals surface area contributed by atoms with Crippen molar-refractivity contribution in [1.82, 2.24) is 5.32 Å². The predicted molar refractivity (Wildman–Crippen MR) is 69.5 cm³/mol. The highest BCUT2D eigenvalue weighted by Crippen LogP contribution is 2.32. The summed E-state index contributed by atoms with van der Waals surface area (Å²) in [6.45, 7) is 2.37. The molecule has 0 spiro atoms. The fourth-order valence-corrected chi connectivity index (χ4v) is 1.61. The first-order chi connectivity index (χ1) is 8.47. The molecule has 0 unspecified atom stereocenters. The van der Waals surface area contributed by atoms with Crippen LogP contribution in [0.15, 0.2) is 18.2 Å². The molecule has 0 heterocycles. The second-order valence-electron chi connectivity index (χ2n) is 3.78. The Balaban J connectivity index is 2.98. The molecular formula is C11H16N4O3. The summed E-state index contributed by atoms with van der Waals surface area (Å²) in [4.78, 5) is 23.4. The molecule has 0 radical (unpaired) electrons. The van der Waals surface area contributed by atoms with Gasteiger partial charge in [-0.15, -0.1) is 0 Å². The molecule has 18 heavy (non-hydrogen) atoms. The summed E-state index contributed by atoms with van der Waals surface area (Å²) in [5.41, 5.74) is 5.81. The van der Waals surface area contributed by atoms with Crippen LogP contribution >= 0.6 is 0 Å². The van der Waals surface area contributed by atoms with Gasteiger partial charge in [-0.25, -0.2) is 0 Å². The van der Waals surface area contributed by atoms with Gasteiger partial charge in [-0.1, -0.05) is 6.07 Å². The minimum absolute atomic E-state index is 0.0398. The number of amides is 1. The summed E-state index contributed by atoms with van der Waals surface area (Å²) in [5.74, 6) is -0.197. The Morgan fingerprint density at radius 2 is 2.22 bits per heavy atom. The van der Waals surface area contributed by atoms with Gasteiger partial charge in [-0.3, -0.25) is 14.9 Å². The monoisotopic (exact) mass is 252 g/mol. The lowest BCUT2D eigenvalue weighted by molar-refractivity contribution is -0.383. The molecule has 98 valence electrons. The van der Waals surface area contributed by atoms with Crippen molar-refractivity contribution in [2.75, 3.05) is 30.8 Å². The molecule has 0 aliphatic heterocycles. The number of nitro groups is 1. The number of nitro benzene ring substituents is 1. The maximum absolute atomic E-state index is 11.4. The van der Waals surface area contributed by atoms with Crippen molar-refractivity contribution in [3.63, 3.8) is 0 Å². The number of carbonyl (C=O) groups is 1. The maximum atomic E-state index is 11.4. The van der Waals surface area contributed by atoms with Crippen molar-refractivity contribution < 1.29 is 9.72 Å². The Labute approximate surface area is 105 Å². The smallest absolute Gasteiger partial charge is 0.315 e. The molecule has 0 saturated heterocycles. The zero-order valence-electron chi connectivity index (χ0n) is 10.3. The second kappa shape index (κ2) is 5.85. The van der Waals surface area contributed by atoms with Gasteiger partial charge in [0.2, 0.25) is 5.91 Å². The number of likely N-dealkylation sites (N-methyl/N-ethyl adjacent to an activating group) is 2. The first kappa shape index (κ1) is 13.8. The standard InChI is InChI=1S/C11H16N4O3/c1-3-13-10(16)7-14(2)9-6-4-5-8(12)11(9)15(17)18/h4-6H,3,7,12H2,1-2H3,(H,13,16). The molecule has 1 rings (SSSR count). The van der Waals surface area contributed by atoms with Gasteiger partial charge in [0.25, 0.3) is 0 Å². The summed E-state index contributed by atoms with van der Waals surface area (Å²) in [7, 11) is 1.61. The first-order valence-electron chi connectivity index (χ1n) is 5.48. The van der Waals surface area contributed by atoms with Gasteiger partial charge in [0, 0.05) is 13.6 Å². The first-order valence-corrected chi connectivity index (χ1v) is 5.48. The van der Waals surface area contributed by atoms with Gasteiger partial charge in [-0.05, 0) is 19.1 Å². The van der Waals surface area contributed by atoms with Crippen LogP contribution in [0.1, 0.15) is 6.92 Å². The number of rotatable bonds is 5. The van der Waals surface area contributed by atoms with E-state index in [4.69, 9.17) is 5.73 Å². The second-order valence-corrected chi connectivity index (χ2v) is 3.78. The van der Waals surface area contributed by atoms with Crippen LogP contribution in [0.3, 0.4) is 0 Å². The minimum atomic E-state index is -0.543. The van der Waals surface area contributed by atoms with Crippen LogP contribution < -0.4 is 16.0 Å². The molecule has 0 aliphatic carbocycles. The van der Waals surface area contributed by atoms with Gasteiger partial charge >= 0.3 is 5.69 Å². The lowest BCUT2D eigenvalue weighted by atomic mass is 10.2. The molecule has 0 atom stereocenters. The Morgan fingerprint density at radius 3 is 2.78 bits per heavy atom. The van der Waals surface area contributed by atoms with Gasteiger partial charge < -0.3 is 16.0 Å². The number of benzene rings is 1. The molecule has 0 bridgehead atoms. The number of nitrogens with two attached hydrogens (primary N) is 1. The Morgan fingerprint density at radius 1 is 1.56 bits per heavy atom. The SMILES string of the molecule is CCNC(=O)CN(C)c1cccc(N)c1[N+](=O)[O-]. The molecule has 1 aromatic rings. The van der Waals surface area contributed by atoms with Gasteiger partial charge in [0.1, 0.15) is 11.4 Å². The van der Waals surface area contributed by atoms with Crippen LogP contribution in [0.4, 0.5) is 17.1 Å². The average Bonchev–Trinajstić information content (AvgIpc) is 2.28. The summed E-state index contributed by atoms with van der Waals surface area (Å²) in [6.07, 6.45) is 0. The summed E-state index contributed by atoms with van der Waals surface area (Å²) in [6, 6.07) is 4.64. The van der Waals surface area contributed by atoms with Crippen molar-refractivity contribution in [3.8, 4) is 0 Å². The highest BCUT2D eigenvalue weighted by atomic mass is 16.6. The number of para-hydroxylation sites is 1. The van der Waals surface area contributed by atoms with Crippen molar-refractivity contribution in [2.24, 2.45) is 0 Å². The lowest BCUT2D eigenvalue weighted by Gasteiger charge is -2.18. The van der Waals surface area contributed by atoms with E-state index >= 15 is 0 Å². The third-order valence-electron chi connectivity index (χ3n) is 2.39. The highest BCUT2D eigenvalue weighted by molar-refractivity contribution is 5.84. The van der Waals surface area contributed by atoms with E-state index in [1.165, 1.54) is 11.0 Å². The van der Waals surface area contributed by atoms with Crippen LogP contribution in [-0.4, -0.2) is 31.0 Å². The summed E-state index contributed by atoms with van der Waals surface area (Å²) < 4.78 is 0. The van der Waals surface area contributed by atoms with E-state index in [1.807, 2.05) is 0 Å². The normalized spacial score (nSPS) is 9.89. The van der Waals surface area contributed by atoms with Crippen LogP contribution in [0.25, 0.3) is 0 Å². The van der Waals surface area contributed by atoms with Crippen LogP contribution in [-0.2, 0) is 4.79 Å². The zero-order chi connectivity index (χ0) is 13.7. The molecular weight excluding hydrogens is 236 g/mol. The third-order valence-corrected chi connectivity index (χ3v) is 2.39. The highest BCUT2D eigenvalue weighted by Gasteiger charge is 2.21. The molecule has 0 fully saturated rings. The van der Waals surface area contributed by atoms with Gasteiger partial charge in [0.15, 0.2) is 0 Å². The molecule has 0 saturated carbocycles. The van der Waals surface area contributed by atoms with E-state index in [1.54, 1.807) is 26.1 Å². The Bertz CT molecular complexity index is 462. The molecule has 0 aromatic heterocycles. The van der Waals surface area contributed by atoms with Crippen LogP contribution in [0, 0.1) is 10.1 Å². The number of hydrogen-bond donors (Lipinski definition) is 2. The van der Waals surface area contributed by atoms with E-state index < -0.39 is 4.92 Å². The van der Waals surface area contributed by atoms with E-state index in [2.05, 4.69) is 5.32 Å². The van der Waals surface area contributed by atoms with Crippen LogP contribution in [0.2, 0.25) is 0 Å². The topological polar surface area (TPSA) is 102 Å². The van der Waals surface area contributed by atoms with Crippen molar-refractivity contribution in [3.05, 3.63) is 28.3 Å². The number of carbonyl (C=O) groups excluding carboxylic acids is 1. The van der Waals surface area contributed by atoms with E-state index in [-0.39, 0.29) is 23.8 Å². The molecule has 7 heteroatoms. The third kappa shape index (κ3) is 3.09. The Kier molecular flexibility index (Phi) is 4.47. The molecule has 7 nitrogen and oxygen atoms in total. The number of nitrogens with one attached hydrogen (secondary N) is 1. The van der Waals surface area contributed by atoms with Gasteiger partial charge in [-0.2, -0.15) is 0 Å². The fraction of sp³-hybridized carbons (Fsp3) is 0.364. The number of nitrogen functional groups attached to an aromatic ring is 1. The van der Waals surface area contributed by atoms with Gasteiger partial charge in [0.05, 0.1) is 11.5 Å². The Hall–Kier alpha value is -2.31. The lowest BCUT2D eigenvalue weighted by Crippen LogP contribution is -2.35. The molecule has 1 amide bonds. The van der Waals surface area contributed by atoms with E-state index in [0.717, 1.165) is 0 Å². The van der Waals surface area contributed by atoms with Crippen molar-refractivity contribution >= 4 is 23.0 Å². The number of nitrogens with zero attached hydrogens (tertiary/aromatic N) is 2. The molecule has 0 aliphatic rings.